The number of methoxy groups -OCH3 is 1. The van der Waals surface area contributed by atoms with Gasteiger partial charge in [0.2, 0.25) is 5.91 Å². The summed E-state index contributed by atoms with van der Waals surface area (Å²) in [5.74, 6) is 0.209. The van der Waals surface area contributed by atoms with Crippen molar-refractivity contribution in [2.45, 2.75) is 5.16 Å². The largest absolute Gasteiger partial charge is 0.497 e. The summed E-state index contributed by atoms with van der Waals surface area (Å²) >= 11 is 2.55. The quantitative estimate of drug-likeness (QED) is 0.478. The number of aromatic amines is 1. The first kappa shape index (κ1) is 16.3. The van der Waals surface area contributed by atoms with Crippen molar-refractivity contribution in [2.75, 3.05) is 12.9 Å². The van der Waals surface area contributed by atoms with Crippen LogP contribution in [0, 0.1) is 0 Å². The number of nitrogens with zero attached hydrogens (tertiary/aromatic N) is 1. The topological polar surface area (TPSA) is 96.1 Å². The third kappa shape index (κ3) is 3.87. The number of thioether (sulfide) groups is 1. The predicted octanol–water partition coefficient (Wildman–Crippen LogP) is 2.19. The molecule has 1 aromatic carbocycles. The summed E-state index contributed by atoms with van der Waals surface area (Å²) < 4.78 is 5.16. The van der Waals surface area contributed by atoms with Gasteiger partial charge in [0.05, 0.1) is 28.8 Å². The molecule has 2 aromatic heterocycles. The maximum atomic E-state index is 11.8. The summed E-state index contributed by atoms with van der Waals surface area (Å²) in [5.41, 5.74) is 6.39. The molecule has 3 N–H and O–H groups in total. The number of thiophene rings is 1. The molecule has 0 aliphatic carbocycles. The van der Waals surface area contributed by atoms with E-state index in [1.54, 1.807) is 24.6 Å². The Morgan fingerprint density at radius 2 is 2.21 bits per heavy atom. The average molecular weight is 362 g/mol. The Balaban J connectivity index is 1.51. The number of ether oxygens (including phenoxy) is 1. The number of carbonyl (C=O) groups is 2. The maximum absolute atomic E-state index is 11.8. The van der Waals surface area contributed by atoms with E-state index in [-0.39, 0.29) is 17.6 Å². The fourth-order valence-corrected chi connectivity index (χ4v) is 3.23. The van der Waals surface area contributed by atoms with E-state index in [0.717, 1.165) is 16.8 Å². The van der Waals surface area contributed by atoms with Gasteiger partial charge >= 0.3 is 0 Å². The van der Waals surface area contributed by atoms with Crippen molar-refractivity contribution in [3.63, 3.8) is 0 Å². The van der Waals surface area contributed by atoms with E-state index in [4.69, 9.17) is 4.74 Å². The lowest BCUT2D eigenvalue weighted by atomic mass is 10.3. The monoisotopic (exact) mass is 362 g/mol. The third-order valence-corrected chi connectivity index (χ3v) is 4.81. The molecule has 0 unspecified atom stereocenters. The van der Waals surface area contributed by atoms with Crippen molar-refractivity contribution in [1.29, 1.82) is 0 Å². The summed E-state index contributed by atoms with van der Waals surface area (Å²) in [6.07, 6.45) is 0. The zero-order valence-electron chi connectivity index (χ0n) is 12.7. The molecular formula is C15H14N4O3S2. The molecule has 2 amide bonds. The summed E-state index contributed by atoms with van der Waals surface area (Å²) in [6.45, 7) is 0. The number of carbonyl (C=O) groups excluding carboxylic acids is 2. The van der Waals surface area contributed by atoms with Crippen LogP contribution in [0.1, 0.15) is 9.67 Å². The first-order valence-electron chi connectivity index (χ1n) is 6.95. The number of rotatable bonds is 5. The molecule has 0 saturated carbocycles. The van der Waals surface area contributed by atoms with Crippen molar-refractivity contribution in [3.8, 4) is 5.75 Å². The van der Waals surface area contributed by atoms with E-state index in [0.29, 0.717) is 10.0 Å². The van der Waals surface area contributed by atoms with Gasteiger partial charge in [0.25, 0.3) is 5.91 Å². The summed E-state index contributed by atoms with van der Waals surface area (Å²) in [6, 6.07) is 8.96. The van der Waals surface area contributed by atoms with Gasteiger partial charge in [-0.2, -0.15) is 0 Å². The molecule has 0 bridgehead atoms. The highest BCUT2D eigenvalue weighted by atomic mass is 32.2. The maximum Gasteiger partial charge on any atom is 0.279 e. The molecule has 0 radical (unpaired) electrons. The molecule has 7 nitrogen and oxygen atoms in total. The Kier molecular flexibility index (Phi) is 5.02. The van der Waals surface area contributed by atoms with Gasteiger partial charge < -0.3 is 9.72 Å². The second-order valence-electron chi connectivity index (χ2n) is 4.69. The summed E-state index contributed by atoms with van der Waals surface area (Å²) in [5, 5.41) is 2.42. The van der Waals surface area contributed by atoms with Gasteiger partial charge in [-0.05, 0) is 23.6 Å². The Labute approximate surface area is 145 Å². The fraction of sp³-hybridized carbons (Fsp3) is 0.133. The van der Waals surface area contributed by atoms with Crippen LogP contribution in [0.5, 0.6) is 5.75 Å². The number of benzene rings is 1. The molecule has 0 saturated heterocycles. The van der Waals surface area contributed by atoms with Crippen molar-refractivity contribution >= 4 is 45.9 Å². The van der Waals surface area contributed by atoms with E-state index in [9.17, 15) is 9.59 Å². The van der Waals surface area contributed by atoms with Gasteiger partial charge in [0, 0.05) is 6.07 Å². The van der Waals surface area contributed by atoms with Crippen molar-refractivity contribution in [2.24, 2.45) is 0 Å². The highest BCUT2D eigenvalue weighted by Gasteiger charge is 2.10. The Bertz CT molecular complexity index is 861. The molecule has 0 fully saturated rings. The highest BCUT2D eigenvalue weighted by molar-refractivity contribution is 7.99. The van der Waals surface area contributed by atoms with E-state index in [2.05, 4.69) is 20.8 Å². The third-order valence-electron chi connectivity index (χ3n) is 3.07. The Hall–Kier alpha value is -2.52. The Morgan fingerprint density at radius 3 is 2.96 bits per heavy atom. The van der Waals surface area contributed by atoms with Gasteiger partial charge in [-0.3, -0.25) is 20.4 Å². The zero-order chi connectivity index (χ0) is 16.9. The first-order valence-corrected chi connectivity index (χ1v) is 8.81. The predicted molar refractivity (Wildman–Crippen MR) is 93.3 cm³/mol. The van der Waals surface area contributed by atoms with Crippen LogP contribution in [0.25, 0.3) is 11.0 Å². The van der Waals surface area contributed by atoms with Crippen LogP contribution >= 0.6 is 23.1 Å². The standard InChI is InChI=1S/C15H14N4O3S2/c1-22-9-4-5-10-11(7-9)17-15(16-10)24-8-13(20)18-19-14(21)12-3-2-6-23-12/h2-7H,8H2,1H3,(H,16,17)(H,18,20)(H,19,21). The molecule has 124 valence electrons. The van der Waals surface area contributed by atoms with Crippen LogP contribution < -0.4 is 15.6 Å². The molecule has 0 spiro atoms. The van der Waals surface area contributed by atoms with Gasteiger partial charge in [-0.15, -0.1) is 11.3 Å². The average Bonchev–Trinajstić information content (AvgIpc) is 3.26. The van der Waals surface area contributed by atoms with E-state index in [1.807, 2.05) is 18.2 Å². The minimum Gasteiger partial charge on any atom is -0.497 e. The summed E-state index contributed by atoms with van der Waals surface area (Å²) in [7, 11) is 1.60. The van der Waals surface area contributed by atoms with Gasteiger partial charge in [-0.25, -0.2) is 4.98 Å². The molecule has 0 aliphatic rings. The normalized spacial score (nSPS) is 10.5. The van der Waals surface area contributed by atoms with Crippen molar-refractivity contribution in [1.82, 2.24) is 20.8 Å². The highest BCUT2D eigenvalue weighted by Crippen LogP contribution is 2.22. The van der Waals surface area contributed by atoms with Crippen LogP contribution in [0.2, 0.25) is 0 Å². The number of nitrogens with one attached hydrogen (secondary N) is 3. The van der Waals surface area contributed by atoms with Crippen LogP contribution in [-0.2, 0) is 4.79 Å². The molecule has 9 heteroatoms. The number of hydrogen-bond acceptors (Lipinski definition) is 6. The van der Waals surface area contributed by atoms with E-state index >= 15 is 0 Å². The SMILES string of the molecule is COc1ccc2nc(SCC(=O)NNC(=O)c3cccs3)[nH]c2c1. The number of hydrazine groups is 1. The Morgan fingerprint density at radius 1 is 1.33 bits per heavy atom. The van der Waals surface area contributed by atoms with E-state index < -0.39 is 0 Å². The minimum atomic E-state index is -0.334. The fourth-order valence-electron chi connectivity index (χ4n) is 1.93. The van der Waals surface area contributed by atoms with Crippen LogP contribution in [0.15, 0.2) is 40.9 Å². The lowest BCUT2D eigenvalue weighted by Crippen LogP contribution is -2.42. The molecular weight excluding hydrogens is 348 g/mol. The van der Waals surface area contributed by atoms with E-state index in [1.165, 1.54) is 23.1 Å². The number of imidazole rings is 1. The number of aromatic nitrogens is 2. The first-order chi connectivity index (χ1) is 11.7. The van der Waals surface area contributed by atoms with Crippen LogP contribution in [0.4, 0.5) is 0 Å². The number of H-pyrrole nitrogens is 1. The second kappa shape index (κ2) is 7.37. The van der Waals surface area contributed by atoms with Crippen LogP contribution in [-0.4, -0.2) is 34.6 Å². The smallest absolute Gasteiger partial charge is 0.279 e. The number of fused-ring (bicyclic) bond motifs is 1. The van der Waals surface area contributed by atoms with Gasteiger partial charge in [0.1, 0.15) is 5.75 Å². The van der Waals surface area contributed by atoms with Crippen LogP contribution in [0.3, 0.4) is 0 Å². The second-order valence-corrected chi connectivity index (χ2v) is 6.61. The lowest BCUT2D eigenvalue weighted by Gasteiger charge is -2.05. The van der Waals surface area contributed by atoms with Gasteiger partial charge in [-0.1, -0.05) is 17.8 Å². The number of hydrogen-bond donors (Lipinski definition) is 3. The molecule has 0 atom stereocenters. The molecule has 3 rings (SSSR count). The molecule has 2 heterocycles. The molecule has 24 heavy (non-hydrogen) atoms. The number of amides is 2. The van der Waals surface area contributed by atoms with Crippen molar-refractivity contribution in [3.05, 3.63) is 40.6 Å². The minimum absolute atomic E-state index is 0.127. The summed E-state index contributed by atoms with van der Waals surface area (Å²) in [4.78, 5) is 31.5. The lowest BCUT2D eigenvalue weighted by molar-refractivity contribution is -0.119. The van der Waals surface area contributed by atoms with Gasteiger partial charge in [0.15, 0.2) is 5.16 Å². The van der Waals surface area contributed by atoms with Crippen molar-refractivity contribution < 1.29 is 14.3 Å². The molecule has 0 aliphatic heterocycles. The molecule has 3 aromatic rings. The zero-order valence-corrected chi connectivity index (χ0v) is 14.3.